The molecule has 2 aliphatic rings. The lowest BCUT2D eigenvalue weighted by atomic mass is 9.93. The fourth-order valence-corrected chi connectivity index (χ4v) is 3.61. The topological polar surface area (TPSA) is 72.6 Å². The number of halogens is 2. The summed E-state index contributed by atoms with van der Waals surface area (Å²) in [5, 5.41) is 3.80. The van der Waals surface area contributed by atoms with Crippen molar-refractivity contribution < 1.29 is 18.3 Å². The van der Waals surface area contributed by atoms with Crippen LogP contribution in [-0.4, -0.2) is 56.2 Å². The van der Waals surface area contributed by atoms with Gasteiger partial charge >= 0.3 is 0 Å². The second-order valence-electron chi connectivity index (χ2n) is 6.50. The maximum Gasteiger partial charge on any atom is 0.280 e. The molecule has 2 atom stereocenters. The second-order valence-corrected chi connectivity index (χ2v) is 6.50. The van der Waals surface area contributed by atoms with Crippen LogP contribution in [-0.2, 0) is 9.53 Å². The van der Waals surface area contributed by atoms with E-state index < -0.39 is 6.43 Å². The highest BCUT2D eigenvalue weighted by Gasteiger charge is 2.33. The van der Waals surface area contributed by atoms with E-state index in [-0.39, 0.29) is 29.4 Å². The molecule has 0 radical (unpaired) electrons. The summed E-state index contributed by atoms with van der Waals surface area (Å²) in [4.78, 5) is 22.7. The minimum absolute atomic E-state index is 0.000149. The first kappa shape index (κ1) is 16.3. The quantitative estimate of drug-likeness (QED) is 0.845. The molecule has 4 rings (SSSR count). The Morgan fingerprint density at radius 1 is 1.32 bits per heavy atom. The van der Waals surface area contributed by atoms with Gasteiger partial charge in [-0.15, -0.1) is 0 Å². The predicted octanol–water partition coefficient (Wildman–Crippen LogP) is 1.95. The van der Waals surface area contributed by atoms with Gasteiger partial charge in [-0.25, -0.2) is 13.8 Å². The summed E-state index contributed by atoms with van der Waals surface area (Å²) < 4.78 is 33.2. The summed E-state index contributed by atoms with van der Waals surface area (Å²) in [6.07, 6.45) is 1.45. The zero-order chi connectivity index (χ0) is 17.4. The maximum absolute atomic E-state index is 13.3. The highest BCUT2D eigenvalue weighted by molar-refractivity contribution is 5.81. The van der Waals surface area contributed by atoms with Crippen molar-refractivity contribution >= 4 is 11.7 Å². The number of carbonyl (C=O) groups is 1. The molecule has 0 aromatic carbocycles. The first-order valence-electron chi connectivity index (χ1n) is 8.52. The number of aromatic nitrogens is 4. The lowest BCUT2D eigenvalue weighted by molar-refractivity contribution is -0.142. The van der Waals surface area contributed by atoms with E-state index in [1.165, 1.54) is 12.4 Å². The van der Waals surface area contributed by atoms with Gasteiger partial charge in [0.1, 0.15) is 18.1 Å². The summed E-state index contributed by atoms with van der Waals surface area (Å²) in [6.45, 7) is 1.76. The SMILES string of the molecule is O=C([C@@H]1CCCO1)N1CCC[C@H](c2cc(C(F)F)n3ncnc3n2)C1. The lowest BCUT2D eigenvalue weighted by Crippen LogP contribution is -2.44. The number of hydrogen-bond donors (Lipinski definition) is 0. The van der Waals surface area contributed by atoms with E-state index >= 15 is 0 Å². The number of carbonyl (C=O) groups excluding carboxylic acids is 1. The number of amides is 1. The largest absolute Gasteiger partial charge is 0.368 e. The Morgan fingerprint density at radius 2 is 2.20 bits per heavy atom. The molecule has 0 aliphatic carbocycles. The van der Waals surface area contributed by atoms with Crippen molar-refractivity contribution in [1.29, 1.82) is 0 Å². The first-order valence-corrected chi connectivity index (χ1v) is 8.52. The molecule has 9 heteroatoms. The number of fused-ring (bicyclic) bond motifs is 1. The number of piperidine rings is 1. The zero-order valence-electron chi connectivity index (χ0n) is 13.6. The summed E-state index contributed by atoms with van der Waals surface area (Å²) in [6, 6.07) is 1.39. The monoisotopic (exact) mass is 351 g/mol. The number of alkyl halides is 2. The summed E-state index contributed by atoms with van der Waals surface area (Å²) >= 11 is 0. The molecule has 0 bridgehead atoms. The van der Waals surface area contributed by atoms with Gasteiger partial charge in [0.2, 0.25) is 0 Å². The number of likely N-dealkylation sites (tertiary alicyclic amines) is 1. The average molecular weight is 351 g/mol. The van der Waals surface area contributed by atoms with E-state index in [1.807, 2.05) is 0 Å². The van der Waals surface area contributed by atoms with Crippen LogP contribution in [0.15, 0.2) is 12.4 Å². The van der Waals surface area contributed by atoms with Crippen LogP contribution in [0.3, 0.4) is 0 Å². The molecule has 2 fully saturated rings. The molecule has 2 aliphatic heterocycles. The molecule has 25 heavy (non-hydrogen) atoms. The van der Waals surface area contributed by atoms with Crippen LogP contribution in [0.5, 0.6) is 0 Å². The fraction of sp³-hybridized carbons (Fsp3) is 0.625. The molecule has 4 heterocycles. The van der Waals surface area contributed by atoms with Crippen molar-refractivity contribution in [3.05, 3.63) is 23.8 Å². The third-order valence-corrected chi connectivity index (χ3v) is 4.88. The third-order valence-electron chi connectivity index (χ3n) is 4.88. The number of nitrogens with zero attached hydrogens (tertiary/aromatic N) is 5. The van der Waals surface area contributed by atoms with Gasteiger partial charge < -0.3 is 9.64 Å². The summed E-state index contributed by atoms with van der Waals surface area (Å²) in [5.74, 6) is 0.0773. The molecule has 134 valence electrons. The van der Waals surface area contributed by atoms with Crippen molar-refractivity contribution in [3.63, 3.8) is 0 Å². The molecule has 0 spiro atoms. The molecule has 2 saturated heterocycles. The Balaban J connectivity index is 1.58. The molecule has 0 N–H and O–H groups in total. The molecular weight excluding hydrogens is 332 g/mol. The highest BCUT2D eigenvalue weighted by atomic mass is 19.3. The van der Waals surface area contributed by atoms with Crippen LogP contribution < -0.4 is 0 Å². The second kappa shape index (κ2) is 6.62. The fourth-order valence-electron chi connectivity index (χ4n) is 3.61. The van der Waals surface area contributed by atoms with E-state index in [1.54, 1.807) is 4.90 Å². The van der Waals surface area contributed by atoms with Gasteiger partial charge in [-0.05, 0) is 31.7 Å². The van der Waals surface area contributed by atoms with Crippen molar-refractivity contribution in [2.45, 2.75) is 44.1 Å². The third kappa shape index (κ3) is 3.08. The van der Waals surface area contributed by atoms with Crippen LogP contribution in [0, 0.1) is 0 Å². The Kier molecular flexibility index (Phi) is 4.32. The molecule has 2 aromatic rings. The standard InChI is InChI=1S/C16H19F2N5O2/c17-14(18)12-7-11(21-16-19-9-20-23(12)16)10-3-1-5-22(8-10)15(24)13-4-2-6-25-13/h7,9-10,13-14H,1-6,8H2/t10-,13-/m0/s1. The minimum atomic E-state index is -2.67. The van der Waals surface area contributed by atoms with Crippen molar-refractivity contribution in [2.24, 2.45) is 0 Å². The lowest BCUT2D eigenvalue weighted by Gasteiger charge is -2.34. The van der Waals surface area contributed by atoms with Crippen LogP contribution in [0.1, 0.15) is 49.4 Å². The summed E-state index contributed by atoms with van der Waals surface area (Å²) in [5.41, 5.74) is 0.320. The summed E-state index contributed by atoms with van der Waals surface area (Å²) in [7, 11) is 0. The van der Waals surface area contributed by atoms with Crippen molar-refractivity contribution in [3.8, 4) is 0 Å². The molecular formula is C16H19F2N5O2. The normalized spacial score (nSPS) is 24.4. The van der Waals surface area contributed by atoms with E-state index in [2.05, 4.69) is 15.1 Å². The molecule has 1 amide bonds. The van der Waals surface area contributed by atoms with Gasteiger partial charge in [0.05, 0.1) is 5.69 Å². The number of rotatable bonds is 3. The van der Waals surface area contributed by atoms with E-state index in [0.29, 0.717) is 25.4 Å². The van der Waals surface area contributed by atoms with Gasteiger partial charge in [0.15, 0.2) is 0 Å². The Bertz CT molecular complexity index is 775. The molecule has 2 aromatic heterocycles. The van der Waals surface area contributed by atoms with E-state index in [4.69, 9.17) is 4.74 Å². The average Bonchev–Trinajstić information content (AvgIpc) is 3.31. The number of ether oxygens (including phenoxy) is 1. The zero-order valence-corrected chi connectivity index (χ0v) is 13.6. The molecule has 0 unspecified atom stereocenters. The predicted molar refractivity (Wildman–Crippen MR) is 83.3 cm³/mol. The number of hydrogen-bond acceptors (Lipinski definition) is 5. The van der Waals surface area contributed by atoms with Gasteiger partial charge in [-0.3, -0.25) is 4.79 Å². The van der Waals surface area contributed by atoms with Gasteiger partial charge in [0, 0.05) is 25.6 Å². The van der Waals surface area contributed by atoms with Crippen LogP contribution in [0.2, 0.25) is 0 Å². The molecule has 0 saturated carbocycles. The highest BCUT2D eigenvalue weighted by Crippen LogP contribution is 2.30. The Labute approximate surface area is 143 Å². The Hall–Kier alpha value is -2.16. The Morgan fingerprint density at radius 3 is 2.96 bits per heavy atom. The van der Waals surface area contributed by atoms with Gasteiger partial charge in [0.25, 0.3) is 18.1 Å². The van der Waals surface area contributed by atoms with Crippen LogP contribution in [0.4, 0.5) is 8.78 Å². The van der Waals surface area contributed by atoms with Crippen LogP contribution in [0.25, 0.3) is 5.78 Å². The minimum Gasteiger partial charge on any atom is -0.368 e. The van der Waals surface area contributed by atoms with Crippen molar-refractivity contribution in [1.82, 2.24) is 24.5 Å². The van der Waals surface area contributed by atoms with Crippen LogP contribution >= 0.6 is 0 Å². The maximum atomic E-state index is 13.3. The van der Waals surface area contributed by atoms with Gasteiger partial charge in [-0.1, -0.05) is 0 Å². The van der Waals surface area contributed by atoms with Crippen molar-refractivity contribution in [2.75, 3.05) is 19.7 Å². The van der Waals surface area contributed by atoms with E-state index in [0.717, 1.165) is 30.2 Å². The first-order chi connectivity index (χ1) is 12.1. The molecule has 7 nitrogen and oxygen atoms in total. The van der Waals surface area contributed by atoms with E-state index in [9.17, 15) is 13.6 Å². The smallest absolute Gasteiger partial charge is 0.280 e. The van der Waals surface area contributed by atoms with Gasteiger partial charge in [-0.2, -0.15) is 14.6 Å².